The Bertz CT molecular complexity index is 575. The third-order valence-corrected chi connectivity index (χ3v) is 4.93. The van der Waals surface area contributed by atoms with Gasteiger partial charge in [0.2, 0.25) is 10.0 Å². The van der Waals surface area contributed by atoms with Crippen molar-refractivity contribution in [2.75, 3.05) is 52.0 Å². The third kappa shape index (κ3) is 4.07. The van der Waals surface area contributed by atoms with Gasteiger partial charge in [0.25, 0.3) is 0 Å². The van der Waals surface area contributed by atoms with Crippen molar-refractivity contribution in [3.63, 3.8) is 0 Å². The smallest absolute Gasteiger partial charge is 0.244 e. The first-order chi connectivity index (χ1) is 9.71. The summed E-state index contributed by atoms with van der Waals surface area (Å²) in [6, 6.07) is 4.80. The molecule has 0 bridgehead atoms. The quantitative estimate of drug-likeness (QED) is 0.685. The van der Waals surface area contributed by atoms with E-state index in [0.29, 0.717) is 5.69 Å². The zero-order chi connectivity index (χ0) is 16.2. The topological polar surface area (TPSA) is 96.1 Å². The number of para-hydroxylation sites is 1. The van der Waals surface area contributed by atoms with Gasteiger partial charge in [-0.2, -0.15) is 0 Å². The second-order valence-corrected chi connectivity index (χ2v) is 7.09. The molecule has 8 heteroatoms. The number of rotatable bonds is 7. The average Bonchev–Trinajstić information content (AvgIpc) is 2.38. The summed E-state index contributed by atoms with van der Waals surface area (Å²) in [5, 5.41) is 9.76. The van der Waals surface area contributed by atoms with Crippen LogP contribution in [0.25, 0.3) is 0 Å². The van der Waals surface area contributed by atoms with Gasteiger partial charge in [0.1, 0.15) is 4.90 Å². The van der Waals surface area contributed by atoms with Gasteiger partial charge in [0, 0.05) is 34.8 Å². The predicted octanol–water partition coefficient (Wildman–Crippen LogP) is -0.0374. The summed E-state index contributed by atoms with van der Waals surface area (Å²) in [5.74, 6) is 0. The molecule has 0 saturated carbocycles. The first-order valence-corrected chi connectivity index (χ1v) is 7.85. The molecular weight excluding hydrogens is 294 g/mol. The van der Waals surface area contributed by atoms with Crippen LogP contribution < -0.4 is 10.6 Å². The molecule has 0 aliphatic rings. The normalized spacial score (nSPS) is 13.4. The zero-order valence-electron chi connectivity index (χ0n) is 12.8. The highest BCUT2D eigenvalue weighted by molar-refractivity contribution is 7.89. The van der Waals surface area contributed by atoms with Crippen LogP contribution in [-0.4, -0.2) is 65.3 Å². The summed E-state index contributed by atoms with van der Waals surface area (Å²) in [5.41, 5.74) is 6.71. The lowest BCUT2D eigenvalue weighted by atomic mass is 10.2. The predicted molar refractivity (Wildman–Crippen MR) is 82.9 cm³/mol. The molecule has 0 aromatic heterocycles. The number of aliphatic hydroxyl groups excluding tert-OH is 1. The molecule has 0 saturated heterocycles. The molecule has 0 heterocycles. The maximum Gasteiger partial charge on any atom is 0.244 e. The van der Waals surface area contributed by atoms with Crippen LogP contribution in [0.3, 0.4) is 0 Å². The van der Waals surface area contributed by atoms with E-state index in [-0.39, 0.29) is 23.7 Å². The number of nitrogens with zero attached hydrogens (tertiary/aromatic N) is 2. The van der Waals surface area contributed by atoms with Gasteiger partial charge < -0.3 is 20.5 Å². The summed E-state index contributed by atoms with van der Waals surface area (Å²) < 4.78 is 30.4. The number of benzene rings is 1. The molecule has 0 amide bonds. The van der Waals surface area contributed by atoms with Crippen LogP contribution in [0.4, 0.5) is 11.4 Å². The number of aliphatic hydroxyl groups is 1. The number of hydrogen-bond acceptors (Lipinski definition) is 6. The van der Waals surface area contributed by atoms with Gasteiger partial charge in [-0.15, -0.1) is 0 Å². The van der Waals surface area contributed by atoms with E-state index in [2.05, 4.69) is 0 Å². The number of nitrogen functional groups attached to an aromatic ring is 1. The van der Waals surface area contributed by atoms with Crippen LogP contribution in [0.2, 0.25) is 0 Å². The van der Waals surface area contributed by atoms with E-state index in [1.807, 2.05) is 0 Å². The van der Waals surface area contributed by atoms with Crippen molar-refractivity contribution in [2.24, 2.45) is 0 Å². The first kappa shape index (κ1) is 17.7. The average molecular weight is 317 g/mol. The molecule has 0 fully saturated rings. The van der Waals surface area contributed by atoms with Gasteiger partial charge in [0.05, 0.1) is 24.1 Å². The first-order valence-electron chi connectivity index (χ1n) is 6.41. The molecule has 1 unspecified atom stereocenters. The van der Waals surface area contributed by atoms with E-state index in [4.69, 9.17) is 10.5 Å². The monoisotopic (exact) mass is 317 g/mol. The highest BCUT2D eigenvalue weighted by atomic mass is 32.2. The highest BCUT2D eigenvalue weighted by Crippen LogP contribution is 2.30. The summed E-state index contributed by atoms with van der Waals surface area (Å²) in [6.45, 7) is 0.476. The molecule has 0 aliphatic carbocycles. The number of methoxy groups -OCH3 is 1. The largest absolute Gasteiger partial charge is 0.396 e. The number of hydrogen-bond donors (Lipinski definition) is 2. The fourth-order valence-corrected chi connectivity index (χ4v) is 2.97. The molecule has 1 aromatic carbocycles. The van der Waals surface area contributed by atoms with Crippen molar-refractivity contribution < 1.29 is 18.3 Å². The van der Waals surface area contributed by atoms with Crippen molar-refractivity contribution in [3.05, 3.63) is 18.2 Å². The van der Waals surface area contributed by atoms with E-state index in [0.717, 1.165) is 4.31 Å². The van der Waals surface area contributed by atoms with Crippen molar-refractivity contribution in [3.8, 4) is 0 Å². The Labute approximate surface area is 126 Å². The Morgan fingerprint density at radius 1 is 1.33 bits per heavy atom. The second kappa shape index (κ2) is 7.08. The van der Waals surface area contributed by atoms with Crippen molar-refractivity contribution in [2.45, 2.75) is 11.0 Å². The molecule has 0 radical (unpaired) electrons. The molecule has 1 atom stereocenters. The number of ether oxygens (including phenoxy) is 1. The fraction of sp³-hybridized carbons (Fsp3) is 0.538. The summed E-state index contributed by atoms with van der Waals surface area (Å²) >= 11 is 0. The van der Waals surface area contributed by atoms with Gasteiger partial charge in [-0.3, -0.25) is 0 Å². The third-order valence-electron chi connectivity index (χ3n) is 3.06. The zero-order valence-corrected chi connectivity index (χ0v) is 13.6. The van der Waals surface area contributed by atoms with Crippen LogP contribution in [0.5, 0.6) is 0 Å². The number of nitrogens with two attached hydrogens (primary N) is 1. The lowest BCUT2D eigenvalue weighted by Gasteiger charge is -2.25. The molecule has 21 heavy (non-hydrogen) atoms. The maximum atomic E-state index is 12.2. The lowest BCUT2D eigenvalue weighted by molar-refractivity contribution is 0.0695. The van der Waals surface area contributed by atoms with Gasteiger partial charge in [-0.05, 0) is 12.1 Å². The van der Waals surface area contributed by atoms with Crippen molar-refractivity contribution in [1.29, 1.82) is 0 Å². The van der Waals surface area contributed by atoms with Gasteiger partial charge >= 0.3 is 0 Å². The van der Waals surface area contributed by atoms with Gasteiger partial charge in [0.15, 0.2) is 0 Å². The standard InChI is InChI=1S/C13H23N3O4S/c1-15(2)21(18,19)12-7-5-6-11(13(12)14)16(3)8-10(17)9-20-4/h5-7,10,17H,8-9,14H2,1-4H3. The van der Waals surface area contributed by atoms with E-state index in [1.54, 1.807) is 24.1 Å². The molecule has 120 valence electrons. The Kier molecular flexibility index (Phi) is 5.97. The summed E-state index contributed by atoms with van der Waals surface area (Å²) in [7, 11) is 2.53. The summed E-state index contributed by atoms with van der Waals surface area (Å²) in [4.78, 5) is 1.76. The van der Waals surface area contributed by atoms with Crippen LogP contribution >= 0.6 is 0 Å². The van der Waals surface area contributed by atoms with E-state index in [1.165, 1.54) is 27.3 Å². The number of anilines is 2. The van der Waals surface area contributed by atoms with E-state index < -0.39 is 16.1 Å². The molecule has 7 nitrogen and oxygen atoms in total. The van der Waals surface area contributed by atoms with Gasteiger partial charge in [-0.25, -0.2) is 12.7 Å². The Balaban J connectivity index is 3.12. The highest BCUT2D eigenvalue weighted by Gasteiger charge is 2.23. The molecule has 1 rings (SSSR count). The van der Waals surface area contributed by atoms with Crippen molar-refractivity contribution in [1.82, 2.24) is 4.31 Å². The van der Waals surface area contributed by atoms with Gasteiger partial charge in [-0.1, -0.05) is 6.07 Å². The SMILES string of the molecule is COCC(O)CN(C)c1cccc(S(=O)(=O)N(C)C)c1N. The summed E-state index contributed by atoms with van der Waals surface area (Å²) in [6.07, 6.45) is -0.687. The van der Waals surface area contributed by atoms with Crippen molar-refractivity contribution >= 4 is 21.4 Å². The fourth-order valence-electron chi connectivity index (χ4n) is 1.95. The Hall–Kier alpha value is -1.35. The molecule has 3 N–H and O–H groups in total. The Morgan fingerprint density at radius 3 is 2.48 bits per heavy atom. The minimum Gasteiger partial charge on any atom is -0.396 e. The van der Waals surface area contributed by atoms with Crippen LogP contribution in [-0.2, 0) is 14.8 Å². The molecule has 0 spiro atoms. The minimum atomic E-state index is -3.61. The van der Waals surface area contributed by atoms with Crippen LogP contribution in [0.15, 0.2) is 23.1 Å². The minimum absolute atomic E-state index is 0.0538. The maximum absolute atomic E-state index is 12.2. The Morgan fingerprint density at radius 2 is 1.95 bits per heavy atom. The molecular formula is C13H23N3O4S. The number of sulfonamides is 1. The van der Waals surface area contributed by atoms with E-state index in [9.17, 15) is 13.5 Å². The van der Waals surface area contributed by atoms with E-state index >= 15 is 0 Å². The van der Waals surface area contributed by atoms with Crippen LogP contribution in [0.1, 0.15) is 0 Å². The molecule has 1 aromatic rings. The second-order valence-electron chi connectivity index (χ2n) is 4.97. The van der Waals surface area contributed by atoms with Crippen LogP contribution in [0, 0.1) is 0 Å². The molecule has 0 aliphatic heterocycles. The lowest BCUT2D eigenvalue weighted by Crippen LogP contribution is -2.32. The number of likely N-dealkylation sites (N-methyl/N-ethyl adjacent to an activating group) is 1.